The zero-order valence-electron chi connectivity index (χ0n) is 10.7. The Kier molecular flexibility index (Phi) is 3.27. The van der Waals surface area contributed by atoms with E-state index in [1.165, 1.54) is 12.1 Å². The number of nitrogens with one attached hydrogen (secondary N) is 1. The van der Waals surface area contributed by atoms with Crippen molar-refractivity contribution in [1.82, 2.24) is 0 Å². The molecule has 0 atom stereocenters. The maximum atomic E-state index is 13.6. The average Bonchev–Trinajstić information content (AvgIpc) is 2.85. The zero-order chi connectivity index (χ0) is 15.0. The summed E-state index contributed by atoms with van der Waals surface area (Å²) in [6.07, 6.45) is 0. The number of hydrogen-bond acceptors (Lipinski definition) is 3. The maximum absolute atomic E-state index is 13.6. The van der Waals surface area contributed by atoms with Crippen LogP contribution in [-0.2, 0) is 0 Å². The van der Waals surface area contributed by atoms with Gasteiger partial charge in [-0.2, -0.15) is 0 Å². The minimum atomic E-state index is -0.615. The second kappa shape index (κ2) is 5.10. The first kappa shape index (κ1) is 13.5. The molecule has 1 aromatic heterocycles. The fraction of sp³-hybridized carbons (Fsp3) is 0. The van der Waals surface area contributed by atoms with Gasteiger partial charge in [0, 0.05) is 16.1 Å². The van der Waals surface area contributed by atoms with E-state index in [1.54, 1.807) is 24.3 Å². The predicted octanol–water partition coefficient (Wildman–Crippen LogP) is 4.06. The molecular weight excluding hydrogens is 295 g/mol. The van der Waals surface area contributed by atoms with Crippen molar-refractivity contribution in [2.45, 2.75) is 0 Å². The lowest BCUT2D eigenvalue weighted by molar-refractivity contribution is 0.0998. The number of carbonyl (C=O) groups excluding carboxylic acids is 1. The van der Waals surface area contributed by atoms with Gasteiger partial charge in [-0.15, -0.1) is 0 Å². The third-order valence-electron chi connectivity index (χ3n) is 2.94. The molecule has 0 saturated carbocycles. The van der Waals surface area contributed by atoms with Crippen molar-refractivity contribution in [1.29, 1.82) is 0 Å². The fourth-order valence-electron chi connectivity index (χ4n) is 1.95. The smallest absolute Gasteiger partial charge is 0.291 e. The largest absolute Gasteiger partial charge is 0.451 e. The number of hydrogen-bond donors (Lipinski definition) is 2. The van der Waals surface area contributed by atoms with Crippen LogP contribution in [0.1, 0.15) is 10.6 Å². The normalized spacial score (nSPS) is 10.8. The molecule has 0 unspecified atom stereocenters. The molecule has 3 aromatic rings. The van der Waals surface area contributed by atoms with Crippen LogP contribution in [0.25, 0.3) is 11.0 Å². The molecule has 106 valence electrons. The van der Waals surface area contributed by atoms with Crippen molar-refractivity contribution in [3.05, 3.63) is 59.1 Å². The van der Waals surface area contributed by atoms with Crippen LogP contribution < -0.4 is 11.1 Å². The number of furan rings is 1. The number of nitrogens with two attached hydrogens (primary N) is 1. The lowest BCUT2D eigenvalue weighted by Gasteiger charge is -2.04. The summed E-state index contributed by atoms with van der Waals surface area (Å²) in [5, 5.41) is 3.39. The molecule has 3 N–H and O–H groups in total. The molecule has 2 aromatic carbocycles. The zero-order valence-corrected chi connectivity index (χ0v) is 11.4. The molecule has 0 saturated heterocycles. The van der Waals surface area contributed by atoms with Crippen molar-refractivity contribution in [3.8, 4) is 0 Å². The third-order valence-corrected chi connectivity index (χ3v) is 3.18. The van der Waals surface area contributed by atoms with Gasteiger partial charge in [0.25, 0.3) is 5.91 Å². The molecule has 6 heteroatoms. The highest BCUT2D eigenvalue weighted by Gasteiger charge is 2.14. The molecule has 21 heavy (non-hydrogen) atoms. The van der Waals surface area contributed by atoms with Crippen LogP contribution >= 0.6 is 11.6 Å². The molecule has 0 radical (unpaired) electrons. The molecule has 0 aliphatic heterocycles. The topological polar surface area (TPSA) is 68.3 Å². The molecule has 0 spiro atoms. The van der Waals surface area contributed by atoms with Gasteiger partial charge in [0.05, 0.1) is 5.69 Å². The van der Waals surface area contributed by atoms with Crippen LogP contribution in [-0.4, -0.2) is 5.91 Å². The highest BCUT2D eigenvalue weighted by Crippen LogP contribution is 2.24. The third kappa shape index (κ3) is 2.68. The molecule has 3 rings (SSSR count). The monoisotopic (exact) mass is 304 g/mol. The fourth-order valence-corrected chi connectivity index (χ4v) is 2.11. The summed E-state index contributed by atoms with van der Waals surface area (Å²) in [4.78, 5) is 12.1. The number of carbonyl (C=O) groups is 1. The van der Waals surface area contributed by atoms with Crippen LogP contribution in [0.2, 0.25) is 5.02 Å². The summed E-state index contributed by atoms with van der Waals surface area (Å²) in [6.45, 7) is 0. The number of rotatable bonds is 2. The number of amides is 1. The van der Waals surface area contributed by atoms with Crippen molar-refractivity contribution in [2.75, 3.05) is 11.1 Å². The molecule has 4 nitrogen and oxygen atoms in total. The summed E-state index contributed by atoms with van der Waals surface area (Å²) in [5.74, 6) is -1.09. The lowest BCUT2D eigenvalue weighted by Crippen LogP contribution is -2.11. The molecule has 0 bridgehead atoms. The van der Waals surface area contributed by atoms with E-state index in [2.05, 4.69) is 5.32 Å². The first-order valence-electron chi connectivity index (χ1n) is 6.08. The van der Waals surface area contributed by atoms with Crippen LogP contribution in [0.5, 0.6) is 0 Å². The molecule has 0 aliphatic rings. The molecule has 1 heterocycles. The van der Waals surface area contributed by atoms with Gasteiger partial charge in [-0.05, 0) is 42.5 Å². The minimum absolute atomic E-state index is 0.0318. The number of benzene rings is 2. The Morgan fingerprint density at radius 1 is 1.19 bits per heavy atom. The number of nitrogen functional groups attached to an aromatic ring is 1. The molecule has 0 fully saturated rings. The van der Waals surface area contributed by atoms with E-state index in [9.17, 15) is 9.18 Å². The lowest BCUT2D eigenvalue weighted by atomic mass is 10.2. The Hall–Kier alpha value is -2.53. The van der Waals surface area contributed by atoms with Gasteiger partial charge in [-0.3, -0.25) is 4.79 Å². The highest BCUT2D eigenvalue weighted by atomic mass is 35.5. The van der Waals surface area contributed by atoms with Crippen LogP contribution in [0.15, 0.2) is 46.9 Å². The van der Waals surface area contributed by atoms with Gasteiger partial charge < -0.3 is 15.5 Å². The van der Waals surface area contributed by atoms with Gasteiger partial charge in [-0.1, -0.05) is 11.6 Å². The maximum Gasteiger partial charge on any atom is 0.291 e. The Morgan fingerprint density at radius 2 is 2.00 bits per heavy atom. The minimum Gasteiger partial charge on any atom is -0.451 e. The summed E-state index contributed by atoms with van der Waals surface area (Å²) in [7, 11) is 0. The Labute approximate surface area is 124 Å². The van der Waals surface area contributed by atoms with E-state index in [4.69, 9.17) is 21.8 Å². The van der Waals surface area contributed by atoms with Gasteiger partial charge in [0.15, 0.2) is 5.76 Å². The van der Waals surface area contributed by atoms with Crippen molar-refractivity contribution in [3.63, 3.8) is 0 Å². The Morgan fingerprint density at radius 3 is 2.76 bits per heavy atom. The number of halogens is 2. The van der Waals surface area contributed by atoms with E-state index in [0.29, 0.717) is 16.7 Å². The Bertz CT molecular complexity index is 845. The SMILES string of the molecule is Nc1ccc2oc(C(=O)Nc3ccc(Cl)cc3F)cc2c1. The standard InChI is InChI=1S/C15H10ClFN2O2/c16-9-1-3-12(11(17)7-9)19-15(20)14-6-8-5-10(18)2-4-13(8)21-14/h1-7H,18H2,(H,19,20). The summed E-state index contributed by atoms with van der Waals surface area (Å²) in [6, 6.07) is 10.6. The average molecular weight is 305 g/mol. The second-order valence-corrected chi connectivity index (χ2v) is 4.92. The van der Waals surface area contributed by atoms with E-state index in [0.717, 1.165) is 6.07 Å². The predicted molar refractivity (Wildman–Crippen MR) is 80.0 cm³/mol. The van der Waals surface area contributed by atoms with Gasteiger partial charge in [0.1, 0.15) is 11.4 Å². The van der Waals surface area contributed by atoms with E-state index < -0.39 is 11.7 Å². The van der Waals surface area contributed by atoms with Crippen LogP contribution in [0.3, 0.4) is 0 Å². The second-order valence-electron chi connectivity index (χ2n) is 4.49. The van der Waals surface area contributed by atoms with Crippen molar-refractivity contribution in [2.24, 2.45) is 0 Å². The van der Waals surface area contributed by atoms with E-state index in [1.807, 2.05) is 0 Å². The number of anilines is 2. The van der Waals surface area contributed by atoms with E-state index >= 15 is 0 Å². The summed E-state index contributed by atoms with van der Waals surface area (Å²) in [5.41, 5.74) is 6.80. The summed E-state index contributed by atoms with van der Waals surface area (Å²) < 4.78 is 19.0. The molecule has 1 amide bonds. The summed E-state index contributed by atoms with van der Waals surface area (Å²) >= 11 is 5.66. The van der Waals surface area contributed by atoms with Gasteiger partial charge in [0.2, 0.25) is 0 Å². The van der Waals surface area contributed by atoms with Crippen molar-refractivity contribution >= 4 is 39.9 Å². The first-order valence-corrected chi connectivity index (χ1v) is 6.46. The van der Waals surface area contributed by atoms with Crippen LogP contribution in [0.4, 0.5) is 15.8 Å². The first-order chi connectivity index (χ1) is 10.0. The van der Waals surface area contributed by atoms with Crippen LogP contribution in [0, 0.1) is 5.82 Å². The quantitative estimate of drug-likeness (QED) is 0.701. The highest BCUT2D eigenvalue weighted by molar-refractivity contribution is 6.30. The molecular formula is C15H10ClFN2O2. The Balaban J connectivity index is 1.89. The molecule has 0 aliphatic carbocycles. The van der Waals surface area contributed by atoms with Crippen molar-refractivity contribution < 1.29 is 13.6 Å². The van der Waals surface area contributed by atoms with Gasteiger partial charge in [-0.25, -0.2) is 4.39 Å². The number of fused-ring (bicyclic) bond motifs is 1. The van der Waals surface area contributed by atoms with Gasteiger partial charge >= 0.3 is 0 Å². The van der Waals surface area contributed by atoms with E-state index in [-0.39, 0.29) is 16.5 Å².